The van der Waals surface area contributed by atoms with Gasteiger partial charge in [-0.15, -0.1) is 23.7 Å². The van der Waals surface area contributed by atoms with Crippen LogP contribution in [-0.4, -0.2) is 11.2 Å². The number of hydrazone groups is 1. The Labute approximate surface area is 144 Å². The molecule has 0 saturated heterocycles. The monoisotopic (exact) mass is 349 g/mol. The first kappa shape index (κ1) is 16.5. The Balaban J connectivity index is 0.00000176. The van der Waals surface area contributed by atoms with E-state index in [-0.39, 0.29) is 12.4 Å². The molecule has 0 aliphatic rings. The highest BCUT2D eigenvalue weighted by Crippen LogP contribution is 2.24. The van der Waals surface area contributed by atoms with Crippen LogP contribution in [0.1, 0.15) is 5.56 Å². The molecule has 0 spiro atoms. The highest BCUT2D eigenvalue weighted by atomic mass is 35.5. The van der Waals surface area contributed by atoms with Gasteiger partial charge >= 0.3 is 0 Å². The minimum atomic E-state index is 0. The van der Waals surface area contributed by atoms with Crippen LogP contribution < -0.4 is 5.43 Å². The van der Waals surface area contributed by atoms with Crippen LogP contribution in [-0.2, 0) is 0 Å². The maximum Gasteiger partial charge on any atom is 0.203 e. The maximum atomic E-state index is 5.83. The van der Waals surface area contributed by atoms with Crippen molar-refractivity contribution in [3.05, 3.63) is 70.6 Å². The molecule has 1 aromatic heterocycles. The summed E-state index contributed by atoms with van der Waals surface area (Å²) in [5, 5.41) is 7.67. The van der Waals surface area contributed by atoms with Gasteiger partial charge in [0.1, 0.15) is 0 Å². The lowest BCUT2D eigenvalue weighted by atomic mass is 10.2. The van der Waals surface area contributed by atoms with Gasteiger partial charge in [0.15, 0.2) is 0 Å². The lowest BCUT2D eigenvalue weighted by molar-refractivity contribution is 1.29. The number of aromatic nitrogens is 1. The van der Waals surface area contributed by atoms with Crippen LogP contribution in [0.5, 0.6) is 0 Å². The summed E-state index contributed by atoms with van der Waals surface area (Å²) in [4.78, 5) is 4.50. The summed E-state index contributed by atoms with van der Waals surface area (Å²) >= 11 is 7.36. The van der Waals surface area contributed by atoms with Gasteiger partial charge in [0, 0.05) is 16.0 Å². The average molecular weight is 350 g/mol. The van der Waals surface area contributed by atoms with E-state index in [1.807, 2.05) is 60.0 Å². The van der Waals surface area contributed by atoms with E-state index in [2.05, 4.69) is 15.5 Å². The highest BCUT2D eigenvalue weighted by molar-refractivity contribution is 7.14. The van der Waals surface area contributed by atoms with Crippen LogP contribution in [0.15, 0.2) is 65.1 Å². The predicted molar refractivity (Wildman–Crippen MR) is 97.5 cm³/mol. The SMILES string of the molecule is Cl.Clc1ccc(/C=N/Nc2nc(-c3ccccc3)cs2)cc1. The molecule has 0 fully saturated rings. The summed E-state index contributed by atoms with van der Waals surface area (Å²) in [6.45, 7) is 0. The number of benzene rings is 2. The van der Waals surface area contributed by atoms with Crippen LogP contribution >= 0.6 is 35.3 Å². The Morgan fingerprint density at radius 2 is 1.77 bits per heavy atom. The molecule has 3 aromatic rings. The third-order valence-electron chi connectivity index (χ3n) is 2.82. The standard InChI is InChI=1S/C16H12ClN3S.ClH/c17-14-8-6-12(7-9-14)10-18-20-16-19-15(11-21-16)13-4-2-1-3-5-13;/h1-11H,(H,19,20);1H/b18-10+;. The molecule has 6 heteroatoms. The minimum absolute atomic E-state index is 0. The van der Waals surface area contributed by atoms with Gasteiger partial charge < -0.3 is 0 Å². The third kappa shape index (κ3) is 4.31. The summed E-state index contributed by atoms with van der Waals surface area (Å²) in [5.74, 6) is 0. The molecule has 0 atom stereocenters. The predicted octanol–water partition coefficient (Wildman–Crippen LogP) is 5.33. The molecule has 0 aliphatic heterocycles. The lowest BCUT2D eigenvalue weighted by Gasteiger charge is -1.96. The second-order valence-corrected chi connectivity index (χ2v) is 5.62. The molecule has 3 rings (SSSR count). The molecule has 112 valence electrons. The number of rotatable bonds is 4. The minimum Gasteiger partial charge on any atom is -0.253 e. The van der Waals surface area contributed by atoms with Gasteiger partial charge in [-0.05, 0) is 17.7 Å². The summed E-state index contributed by atoms with van der Waals surface area (Å²) in [6.07, 6.45) is 1.74. The van der Waals surface area contributed by atoms with Crippen LogP contribution in [0.3, 0.4) is 0 Å². The van der Waals surface area contributed by atoms with E-state index >= 15 is 0 Å². The molecular formula is C16H13Cl2N3S. The summed E-state index contributed by atoms with van der Waals surface area (Å²) < 4.78 is 0. The molecular weight excluding hydrogens is 337 g/mol. The van der Waals surface area contributed by atoms with E-state index in [1.165, 1.54) is 11.3 Å². The average Bonchev–Trinajstić information content (AvgIpc) is 2.99. The van der Waals surface area contributed by atoms with Crippen molar-refractivity contribution in [2.75, 3.05) is 5.43 Å². The van der Waals surface area contributed by atoms with E-state index in [0.29, 0.717) is 5.02 Å². The van der Waals surface area contributed by atoms with Gasteiger partial charge in [-0.3, -0.25) is 5.43 Å². The molecule has 1 heterocycles. The van der Waals surface area contributed by atoms with Gasteiger partial charge in [-0.25, -0.2) is 4.98 Å². The molecule has 0 bridgehead atoms. The maximum absolute atomic E-state index is 5.83. The molecule has 0 amide bonds. The molecule has 0 aliphatic carbocycles. The van der Waals surface area contributed by atoms with Crippen LogP contribution in [0.4, 0.5) is 5.13 Å². The first-order valence-corrected chi connectivity index (χ1v) is 7.62. The zero-order chi connectivity index (χ0) is 14.5. The first-order chi connectivity index (χ1) is 10.3. The summed E-state index contributed by atoms with van der Waals surface area (Å²) in [6, 6.07) is 17.5. The smallest absolute Gasteiger partial charge is 0.203 e. The fourth-order valence-corrected chi connectivity index (χ4v) is 2.57. The van der Waals surface area contributed by atoms with Crippen LogP contribution in [0.25, 0.3) is 11.3 Å². The molecule has 2 aromatic carbocycles. The van der Waals surface area contributed by atoms with Gasteiger partial charge in [0.25, 0.3) is 0 Å². The van der Waals surface area contributed by atoms with Crippen molar-refractivity contribution in [2.24, 2.45) is 5.10 Å². The molecule has 0 saturated carbocycles. The van der Waals surface area contributed by atoms with E-state index < -0.39 is 0 Å². The van der Waals surface area contributed by atoms with Crippen molar-refractivity contribution >= 4 is 46.7 Å². The Bertz CT molecular complexity index is 740. The van der Waals surface area contributed by atoms with Crippen molar-refractivity contribution in [3.8, 4) is 11.3 Å². The van der Waals surface area contributed by atoms with Crippen molar-refractivity contribution in [2.45, 2.75) is 0 Å². The second-order valence-electron chi connectivity index (χ2n) is 4.33. The quantitative estimate of drug-likeness (QED) is 0.510. The van der Waals surface area contributed by atoms with E-state index in [4.69, 9.17) is 11.6 Å². The van der Waals surface area contributed by atoms with Gasteiger partial charge in [0.05, 0.1) is 11.9 Å². The number of halogens is 2. The number of thiazole rings is 1. The fraction of sp³-hybridized carbons (Fsp3) is 0. The summed E-state index contributed by atoms with van der Waals surface area (Å²) in [7, 11) is 0. The topological polar surface area (TPSA) is 37.3 Å². The number of hydrogen-bond acceptors (Lipinski definition) is 4. The Morgan fingerprint density at radius 3 is 2.50 bits per heavy atom. The molecule has 1 N–H and O–H groups in total. The van der Waals surface area contributed by atoms with Crippen LogP contribution in [0, 0.1) is 0 Å². The van der Waals surface area contributed by atoms with E-state index in [0.717, 1.165) is 22.0 Å². The van der Waals surface area contributed by atoms with Gasteiger partial charge in [-0.1, -0.05) is 54.1 Å². The van der Waals surface area contributed by atoms with Crippen molar-refractivity contribution in [3.63, 3.8) is 0 Å². The lowest BCUT2D eigenvalue weighted by Crippen LogP contribution is -1.90. The Morgan fingerprint density at radius 1 is 1.05 bits per heavy atom. The van der Waals surface area contributed by atoms with Crippen molar-refractivity contribution in [1.29, 1.82) is 0 Å². The number of nitrogens with one attached hydrogen (secondary N) is 1. The Kier molecular flexibility index (Phi) is 5.95. The zero-order valence-electron chi connectivity index (χ0n) is 11.4. The normalized spacial score (nSPS) is 10.4. The van der Waals surface area contributed by atoms with Crippen LogP contribution in [0.2, 0.25) is 5.02 Å². The number of anilines is 1. The van der Waals surface area contributed by atoms with Crippen molar-refractivity contribution in [1.82, 2.24) is 4.98 Å². The fourth-order valence-electron chi connectivity index (χ4n) is 1.78. The molecule has 3 nitrogen and oxygen atoms in total. The summed E-state index contributed by atoms with van der Waals surface area (Å²) in [5.41, 5.74) is 5.97. The Hall–Kier alpha value is -1.88. The van der Waals surface area contributed by atoms with Gasteiger partial charge in [-0.2, -0.15) is 5.10 Å². The van der Waals surface area contributed by atoms with E-state index in [9.17, 15) is 0 Å². The highest BCUT2D eigenvalue weighted by Gasteiger charge is 2.02. The zero-order valence-corrected chi connectivity index (χ0v) is 13.8. The molecule has 22 heavy (non-hydrogen) atoms. The van der Waals surface area contributed by atoms with Crippen molar-refractivity contribution < 1.29 is 0 Å². The molecule has 0 unspecified atom stereocenters. The number of nitrogens with zero attached hydrogens (tertiary/aromatic N) is 2. The third-order valence-corrected chi connectivity index (χ3v) is 3.82. The van der Waals surface area contributed by atoms with E-state index in [1.54, 1.807) is 6.21 Å². The first-order valence-electron chi connectivity index (χ1n) is 6.37. The largest absolute Gasteiger partial charge is 0.253 e. The van der Waals surface area contributed by atoms with Gasteiger partial charge in [0.2, 0.25) is 5.13 Å². The second kappa shape index (κ2) is 7.94. The molecule has 0 radical (unpaired) electrons. The number of hydrogen-bond donors (Lipinski definition) is 1.